The number of nitrogens with zero attached hydrogens (tertiary/aromatic N) is 1. The van der Waals surface area contributed by atoms with Crippen molar-refractivity contribution in [3.63, 3.8) is 0 Å². The number of ether oxygens (including phenoxy) is 1. The molecule has 5 nitrogen and oxygen atoms in total. The molecule has 0 aromatic carbocycles. The first-order valence-corrected chi connectivity index (χ1v) is 10.7. The van der Waals surface area contributed by atoms with Gasteiger partial charge in [-0.25, -0.2) is 0 Å². The lowest BCUT2D eigenvalue weighted by molar-refractivity contribution is -0.134. The van der Waals surface area contributed by atoms with Gasteiger partial charge in [0.1, 0.15) is 0 Å². The van der Waals surface area contributed by atoms with Gasteiger partial charge in [0, 0.05) is 37.4 Å². The van der Waals surface area contributed by atoms with Crippen molar-refractivity contribution in [2.45, 2.75) is 64.5 Å². The van der Waals surface area contributed by atoms with E-state index >= 15 is 0 Å². The molecule has 0 spiro atoms. The number of rotatable bonds is 7. The largest absolute Gasteiger partial charge is 0.376 e. The summed E-state index contributed by atoms with van der Waals surface area (Å²) in [5.41, 5.74) is 1.26. The Morgan fingerprint density at radius 3 is 3.00 bits per heavy atom. The van der Waals surface area contributed by atoms with Crippen molar-refractivity contribution < 1.29 is 14.3 Å². The van der Waals surface area contributed by atoms with Gasteiger partial charge in [-0.15, -0.1) is 11.3 Å². The lowest BCUT2D eigenvalue weighted by Crippen LogP contribution is -2.36. The first-order valence-electron chi connectivity index (χ1n) is 9.85. The Bertz CT molecular complexity index is 616. The van der Waals surface area contributed by atoms with Gasteiger partial charge in [-0.1, -0.05) is 19.8 Å². The number of hydrogen-bond donors (Lipinski definition) is 1. The number of fused-ring (bicyclic) bond motifs is 1. The third-order valence-corrected chi connectivity index (χ3v) is 6.54. The van der Waals surface area contributed by atoms with Crippen molar-refractivity contribution in [3.8, 4) is 0 Å². The molecule has 0 radical (unpaired) electrons. The van der Waals surface area contributed by atoms with Gasteiger partial charge in [-0.05, 0) is 42.2 Å². The quantitative estimate of drug-likeness (QED) is 0.742. The zero-order valence-electron chi connectivity index (χ0n) is 15.7. The maximum absolute atomic E-state index is 12.3. The number of carbonyl (C=O) groups is 2. The summed E-state index contributed by atoms with van der Waals surface area (Å²) in [4.78, 5) is 27.6. The molecule has 0 bridgehead atoms. The highest BCUT2D eigenvalue weighted by molar-refractivity contribution is 7.10. The first-order chi connectivity index (χ1) is 12.6. The van der Waals surface area contributed by atoms with E-state index < -0.39 is 0 Å². The molecule has 1 fully saturated rings. The SMILES string of the molecule is CC1CCCCC1OCCNC(=O)CCC(=O)N1CCc2sccc2C1. The van der Waals surface area contributed by atoms with Gasteiger partial charge in [0.15, 0.2) is 0 Å². The molecule has 2 heterocycles. The third-order valence-electron chi connectivity index (χ3n) is 5.52. The molecule has 1 aromatic heterocycles. The Labute approximate surface area is 160 Å². The lowest BCUT2D eigenvalue weighted by Gasteiger charge is -2.28. The smallest absolute Gasteiger partial charge is 0.223 e. The molecule has 2 unspecified atom stereocenters. The highest BCUT2D eigenvalue weighted by atomic mass is 32.1. The van der Waals surface area contributed by atoms with Crippen molar-refractivity contribution in [3.05, 3.63) is 21.9 Å². The summed E-state index contributed by atoms with van der Waals surface area (Å²) in [5, 5.41) is 4.96. The van der Waals surface area contributed by atoms with Gasteiger partial charge < -0.3 is 15.0 Å². The molecule has 1 N–H and O–H groups in total. The Morgan fingerprint density at radius 2 is 2.15 bits per heavy atom. The predicted molar refractivity (Wildman–Crippen MR) is 103 cm³/mol. The van der Waals surface area contributed by atoms with E-state index in [1.54, 1.807) is 11.3 Å². The molecule has 1 aliphatic heterocycles. The molecule has 26 heavy (non-hydrogen) atoms. The maximum atomic E-state index is 12.3. The van der Waals surface area contributed by atoms with Gasteiger partial charge in [-0.3, -0.25) is 9.59 Å². The summed E-state index contributed by atoms with van der Waals surface area (Å²) < 4.78 is 5.90. The van der Waals surface area contributed by atoms with Crippen LogP contribution in [0, 0.1) is 5.92 Å². The topological polar surface area (TPSA) is 58.6 Å². The van der Waals surface area contributed by atoms with Crippen LogP contribution in [0.3, 0.4) is 0 Å². The molecule has 144 valence electrons. The van der Waals surface area contributed by atoms with Crippen LogP contribution in [0.1, 0.15) is 55.9 Å². The van der Waals surface area contributed by atoms with Crippen LogP contribution >= 0.6 is 11.3 Å². The van der Waals surface area contributed by atoms with E-state index in [2.05, 4.69) is 23.7 Å². The van der Waals surface area contributed by atoms with E-state index in [0.29, 0.717) is 31.7 Å². The molecule has 0 saturated heterocycles. The van der Waals surface area contributed by atoms with Crippen LogP contribution < -0.4 is 5.32 Å². The van der Waals surface area contributed by atoms with Gasteiger partial charge in [-0.2, -0.15) is 0 Å². The van der Waals surface area contributed by atoms with Crippen LogP contribution in [0.4, 0.5) is 0 Å². The summed E-state index contributed by atoms with van der Waals surface area (Å²) in [7, 11) is 0. The second-order valence-electron chi connectivity index (χ2n) is 7.46. The van der Waals surface area contributed by atoms with Gasteiger partial charge in [0.05, 0.1) is 12.7 Å². The van der Waals surface area contributed by atoms with Crippen LogP contribution in [0.15, 0.2) is 11.4 Å². The van der Waals surface area contributed by atoms with Gasteiger partial charge in [0.25, 0.3) is 0 Å². The average molecular weight is 379 g/mol. The number of nitrogens with one attached hydrogen (secondary N) is 1. The number of thiophene rings is 1. The molecule has 1 saturated carbocycles. The van der Waals surface area contributed by atoms with Crippen molar-refractivity contribution in [1.82, 2.24) is 10.2 Å². The second-order valence-corrected chi connectivity index (χ2v) is 8.46. The highest BCUT2D eigenvalue weighted by Crippen LogP contribution is 2.26. The second kappa shape index (κ2) is 9.51. The Balaban J connectivity index is 1.28. The lowest BCUT2D eigenvalue weighted by atomic mass is 9.88. The minimum absolute atomic E-state index is 0.0631. The number of carbonyl (C=O) groups excluding carboxylic acids is 2. The fraction of sp³-hybridized carbons (Fsp3) is 0.700. The zero-order valence-corrected chi connectivity index (χ0v) is 16.5. The minimum atomic E-state index is -0.0631. The van der Waals surface area contributed by atoms with E-state index in [4.69, 9.17) is 4.74 Å². The van der Waals surface area contributed by atoms with Crippen LogP contribution in [0.25, 0.3) is 0 Å². The molecule has 2 amide bonds. The van der Waals surface area contributed by atoms with Crippen LogP contribution in [-0.2, 0) is 27.3 Å². The molecule has 2 aliphatic rings. The molecule has 6 heteroatoms. The minimum Gasteiger partial charge on any atom is -0.376 e. The summed E-state index contributed by atoms with van der Waals surface area (Å²) in [6.07, 6.45) is 6.72. The normalized spacial score (nSPS) is 22.7. The molecular weight excluding hydrogens is 348 g/mol. The standard InChI is InChI=1S/C20H30N2O3S/c1-15-4-2-3-5-17(15)25-12-10-21-19(23)6-7-20(24)22-11-8-18-16(14-22)9-13-26-18/h9,13,15,17H,2-8,10-12,14H2,1H3,(H,21,23). The van der Waals surface area contributed by atoms with Crippen molar-refractivity contribution in [1.29, 1.82) is 0 Å². The Hall–Kier alpha value is -1.40. The van der Waals surface area contributed by atoms with E-state index in [0.717, 1.165) is 19.4 Å². The number of amides is 2. The summed E-state index contributed by atoms with van der Waals surface area (Å²) in [6.45, 7) is 4.78. The fourth-order valence-corrected chi connectivity index (χ4v) is 4.75. The summed E-state index contributed by atoms with van der Waals surface area (Å²) >= 11 is 1.76. The van der Waals surface area contributed by atoms with Crippen molar-refractivity contribution >= 4 is 23.2 Å². The summed E-state index contributed by atoms with van der Waals surface area (Å²) in [6, 6.07) is 2.10. The van der Waals surface area contributed by atoms with E-state index in [1.807, 2.05) is 4.90 Å². The van der Waals surface area contributed by atoms with E-state index in [-0.39, 0.29) is 24.7 Å². The highest BCUT2D eigenvalue weighted by Gasteiger charge is 2.23. The molecule has 2 atom stereocenters. The monoisotopic (exact) mass is 378 g/mol. The Kier molecular flexibility index (Phi) is 7.08. The van der Waals surface area contributed by atoms with Gasteiger partial charge in [0.2, 0.25) is 11.8 Å². The average Bonchev–Trinajstić information content (AvgIpc) is 3.12. The summed E-state index contributed by atoms with van der Waals surface area (Å²) in [5.74, 6) is 0.626. The fourth-order valence-electron chi connectivity index (χ4n) is 3.86. The van der Waals surface area contributed by atoms with Gasteiger partial charge >= 0.3 is 0 Å². The van der Waals surface area contributed by atoms with E-state index in [1.165, 1.54) is 29.7 Å². The number of hydrogen-bond acceptors (Lipinski definition) is 4. The van der Waals surface area contributed by atoms with Crippen LogP contribution in [0.2, 0.25) is 0 Å². The zero-order chi connectivity index (χ0) is 18.4. The molecule has 1 aliphatic carbocycles. The van der Waals surface area contributed by atoms with Crippen molar-refractivity contribution in [2.24, 2.45) is 5.92 Å². The maximum Gasteiger partial charge on any atom is 0.223 e. The third kappa shape index (κ3) is 5.30. The van der Waals surface area contributed by atoms with Crippen LogP contribution in [-0.4, -0.2) is 42.5 Å². The van der Waals surface area contributed by atoms with Crippen molar-refractivity contribution in [2.75, 3.05) is 19.7 Å². The molecular formula is C20H30N2O3S. The molecule has 3 rings (SSSR count). The van der Waals surface area contributed by atoms with E-state index in [9.17, 15) is 9.59 Å². The Morgan fingerprint density at radius 1 is 1.31 bits per heavy atom. The predicted octanol–water partition coefficient (Wildman–Crippen LogP) is 3.12. The van der Waals surface area contributed by atoms with Crippen LogP contribution in [0.5, 0.6) is 0 Å². The molecule has 1 aromatic rings. The first kappa shape index (κ1) is 19.4.